The molecule has 2 aromatic heterocycles. The lowest BCUT2D eigenvalue weighted by Gasteiger charge is -2.16. The van der Waals surface area contributed by atoms with E-state index in [4.69, 9.17) is 8.83 Å². The average molecular weight is 562 g/mol. The van der Waals surface area contributed by atoms with Crippen LogP contribution in [-0.2, 0) is 0 Å². The molecule has 0 bridgehead atoms. The summed E-state index contributed by atoms with van der Waals surface area (Å²) in [4.78, 5) is 0. The van der Waals surface area contributed by atoms with E-state index in [0.29, 0.717) is 39.0 Å². The van der Waals surface area contributed by atoms with Crippen LogP contribution in [0, 0.1) is 34.0 Å². The highest BCUT2D eigenvalue weighted by Crippen LogP contribution is 2.44. The van der Waals surface area contributed by atoms with E-state index in [2.05, 4.69) is 18.2 Å². The van der Waals surface area contributed by atoms with Gasteiger partial charge in [-0.3, -0.25) is 0 Å². The van der Waals surface area contributed by atoms with Gasteiger partial charge in [0.25, 0.3) is 0 Å². The summed E-state index contributed by atoms with van der Waals surface area (Å²) in [5.74, 6) is 0. The minimum absolute atomic E-state index is 0.323. The Morgan fingerprint density at radius 2 is 1.05 bits per heavy atom. The van der Waals surface area contributed by atoms with Crippen molar-refractivity contribution in [2.24, 2.45) is 0 Å². The molecule has 5 heteroatoms. The third-order valence-electron chi connectivity index (χ3n) is 8.23. The topological polar surface area (TPSA) is 97.7 Å². The maximum atomic E-state index is 10.7. The molecule has 0 spiro atoms. The monoisotopic (exact) mass is 561 g/mol. The fourth-order valence-corrected chi connectivity index (χ4v) is 6.27. The Hall–Kier alpha value is -6.61. The van der Waals surface area contributed by atoms with Crippen molar-refractivity contribution in [3.63, 3.8) is 0 Å². The quantitative estimate of drug-likeness (QED) is 0.214. The van der Waals surface area contributed by atoms with Gasteiger partial charge in [0.2, 0.25) is 0 Å². The molecule has 0 aliphatic rings. The molecule has 0 N–H and O–H groups in total. The summed E-state index contributed by atoms with van der Waals surface area (Å²) in [5.41, 5.74) is 8.17. The number of hydrogen-bond acceptors (Lipinski definition) is 5. The molecule has 2 heterocycles. The average Bonchev–Trinajstić information content (AvgIpc) is 3.65. The predicted molar refractivity (Wildman–Crippen MR) is 171 cm³/mol. The van der Waals surface area contributed by atoms with Gasteiger partial charge < -0.3 is 8.83 Å². The third kappa shape index (κ3) is 3.70. The normalized spacial score (nSPS) is 11.1. The summed E-state index contributed by atoms with van der Waals surface area (Å²) in [6.45, 7) is 0. The van der Waals surface area contributed by atoms with Gasteiger partial charge in [0.1, 0.15) is 28.4 Å². The van der Waals surface area contributed by atoms with Crippen molar-refractivity contribution < 1.29 is 8.83 Å². The molecule has 6 aromatic carbocycles. The van der Waals surface area contributed by atoms with E-state index in [0.717, 1.165) is 55.0 Å². The molecule has 0 radical (unpaired) electrons. The number of fused-ring (bicyclic) bond motifs is 6. The number of nitrogens with zero attached hydrogens (tertiary/aromatic N) is 3. The van der Waals surface area contributed by atoms with E-state index in [9.17, 15) is 15.8 Å². The van der Waals surface area contributed by atoms with Crippen LogP contribution in [0.5, 0.6) is 0 Å². The smallest absolute Gasteiger partial charge is 0.136 e. The van der Waals surface area contributed by atoms with Crippen LogP contribution in [0.2, 0.25) is 0 Å². The van der Waals surface area contributed by atoms with Gasteiger partial charge in [0, 0.05) is 38.2 Å². The van der Waals surface area contributed by atoms with Crippen molar-refractivity contribution in [2.75, 3.05) is 0 Å². The van der Waals surface area contributed by atoms with E-state index >= 15 is 0 Å². The highest BCUT2D eigenvalue weighted by molar-refractivity contribution is 6.13. The fourth-order valence-electron chi connectivity index (χ4n) is 6.27. The second kappa shape index (κ2) is 9.74. The van der Waals surface area contributed by atoms with Gasteiger partial charge >= 0.3 is 0 Å². The van der Waals surface area contributed by atoms with Gasteiger partial charge in [-0.2, -0.15) is 15.8 Å². The molecular weight excluding hydrogens is 542 g/mol. The zero-order valence-corrected chi connectivity index (χ0v) is 23.1. The maximum Gasteiger partial charge on any atom is 0.136 e. The molecule has 0 atom stereocenters. The third-order valence-corrected chi connectivity index (χ3v) is 8.23. The molecule has 0 fully saturated rings. The van der Waals surface area contributed by atoms with Crippen molar-refractivity contribution in [2.45, 2.75) is 0 Å². The van der Waals surface area contributed by atoms with Crippen molar-refractivity contribution >= 4 is 43.9 Å². The molecule has 0 saturated heterocycles. The minimum atomic E-state index is 0.323. The second-order valence-corrected chi connectivity index (χ2v) is 10.6. The largest absolute Gasteiger partial charge is 0.456 e. The predicted octanol–water partition coefficient (Wildman–Crippen LogP) is 10.1. The SMILES string of the molecule is N#Cc1cccc(C#N)c1-c1cc(-c2ccc3c(c2)oc2ccccc23)cc(-c2cccc3oc4ccccc4c23)c1C#N. The molecule has 8 rings (SSSR count). The zero-order chi connectivity index (χ0) is 29.8. The van der Waals surface area contributed by atoms with Crippen molar-refractivity contribution in [1.82, 2.24) is 0 Å². The van der Waals surface area contributed by atoms with Crippen LogP contribution < -0.4 is 0 Å². The lowest BCUT2D eigenvalue weighted by molar-refractivity contribution is 0.668. The first-order valence-corrected chi connectivity index (χ1v) is 14.0. The van der Waals surface area contributed by atoms with Crippen LogP contribution in [0.25, 0.3) is 77.3 Å². The van der Waals surface area contributed by atoms with Gasteiger partial charge in [0.05, 0.1) is 28.8 Å². The Bertz CT molecular complexity index is 2570. The number of furan rings is 2. The number of para-hydroxylation sites is 2. The fraction of sp³-hybridized carbons (Fsp3) is 0. The minimum Gasteiger partial charge on any atom is -0.456 e. The molecular formula is C39H19N3O2. The van der Waals surface area contributed by atoms with Gasteiger partial charge in [0.15, 0.2) is 0 Å². The Labute approximate surface area is 251 Å². The van der Waals surface area contributed by atoms with Crippen molar-refractivity contribution in [1.29, 1.82) is 15.8 Å². The lowest BCUT2D eigenvalue weighted by Crippen LogP contribution is -1.97. The Balaban J connectivity index is 1.49. The molecule has 8 aromatic rings. The van der Waals surface area contributed by atoms with Crippen molar-refractivity contribution in [3.8, 4) is 51.6 Å². The first-order chi connectivity index (χ1) is 21.7. The molecule has 0 aliphatic carbocycles. The summed E-state index contributed by atoms with van der Waals surface area (Å²) in [5, 5.41) is 34.8. The van der Waals surface area contributed by atoms with E-state index in [1.165, 1.54) is 0 Å². The number of benzene rings is 6. The molecule has 44 heavy (non-hydrogen) atoms. The Morgan fingerprint density at radius 3 is 1.80 bits per heavy atom. The van der Waals surface area contributed by atoms with Crippen LogP contribution in [-0.4, -0.2) is 0 Å². The van der Waals surface area contributed by atoms with Crippen LogP contribution in [0.1, 0.15) is 16.7 Å². The molecule has 0 saturated carbocycles. The number of nitriles is 3. The molecule has 0 amide bonds. The standard InChI is InChI=1S/C39H19N3O2/c40-20-24-7-5-8-25(21-41)38(24)32-18-26(23-15-16-28-27-9-1-3-12-34(27)44-37(28)19-23)17-31(33(32)22-42)29-11-6-14-36-39(29)30-10-2-4-13-35(30)43-36/h1-19H. The van der Waals surface area contributed by atoms with Gasteiger partial charge in [-0.05, 0) is 71.3 Å². The summed E-state index contributed by atoms with van der Waals surface area (Å²) in [6.07, 6.45) is 0. The van der Waals surface area contributed by atoms with E-state index in [-0.39, 0.29) is 0 Å². The molecule has 0 unspecified atom stereocenters. The van der Waals surface area contributed by atoms with Gasteiger partial charge in [-0.15, -0.1) is 0 Å². The summed E-state index contributed by atoms with van der Waals surface area (Å²) < 4.78 is 12.4. The highest BCUT2D eigenvalue weighted by Gasteiger charge is 2.22. The lowest BCUT2D eigenvalue weighted by atomic mass is 9.84. The van der Waals surface area contributed by atoms with Gasteiger partial charge in [-0.1, -0.05) is 60.7 Å². The van der Waals surface area contributed by atoms with Crippen molar-refractivity contribution in [3.05, 3.63) is 132 Å². The second-order valence-electron chi connectivity index (χ2n) is 10.6. The zero-order valence-electron chi connectivity index (χ0n) is 23.1. The van der Waals surface area contributed by atoms with Crippen LogP contribution >= 0.6 is 0 Å². The highest BCUT2D eigenvalue weighted by atomic mass is 16.3. The summed E-state index contributed by atoms with van der Waals surface area (Å²) >= 11 is 0. The Morgan fingerprint density at radius 1 is 0.432 bits per heavy atom. The summed E-state index contributed by atoms with van der Waals surface area (Å²) in [7, 11) is 0. The number of hydrogen-bond donors (Lipinski definition) is 0. The number of rotatable bonds is 3. The van der Waals surface area contributed by atoms with Gasteiger partial charge in [-0.25, -0.2) is 0 Å². The first kappa shape index (κ1) is 25.1. The van der Waals surface area contributed by atoms with E-state index in [1.54, 1.807) is 18.2 Å². The molecule has 5 nitrogen and oxygen atoms in total. The van der Waals surface area contributed by atoms with Crippen LogP contribution in [0.3, 0.4) is 0 Å². The first-order valence-electron chi connectivity index (χ1n) is 14.0. The molecule has 0 aliphatic heterocycles. The van der Waals surface area contributed by atoms with E-state index < -0.39 is 0 Å². The Kier molecular flexibility index (Phi) is 5.56. The van der Waals surface area contributed by atoms with Crippen LogP contribution in [0.4, 0.5) is 0 Å². The molecule has 202 valence electrons. The van der Waals surface area contributed by atoms with Crippen LogP contribution in [0.15, 0.2) is 124 Å². The van der Waals surface area contributed by atoms with E-state index in [1.807, 2.05) is 97.1 Å². The summed E-state index contributed by atoms with van der Waals surface area (Å²) in [6, 6.07) is 43.5. The maximum absolute atomic E-state index is 10.7.